The normalized spacial score (nSPS) is 16.9. The number of carboxylic acid groups (broad SMARTS) is 1. The molecule has 1 aliphatic rings. The van der Waals surface area contributed by atoms with Gasteiger partial charge in [0.25, 0.3) is 0 Å². The number of hydrogen-bond donors (Lipinski definition) is 1. The van der Waals surface area contributed by atoms with Gasteiger partial charge in [0.2, 0.25) is 0 Å². The highest BCUT2D eigenvalue weighted by atomic mass is 16.5. The monoisotopic (exact) mass is 235 g/mol. The van der Waals surface area contributed by atoms with Crippen molar-refractivity contribution in [2.24, 2.45) is 0 Å². The minimum atomic E-state index is -0.834. The predicted octanol–water partition coefficient (Wildman–Crippen LogP) is 2.52. The van der Waals surface area contributed by atoms with Crippen LogP contribution in [0.2, 0.25) is 0 Å². The van der Waals surface area contributed by atoms with Crippen molar-refractivity contribution < 1.29 is 14.6 Å². The molecule has 4 nitrogen and oxygen atoms in total. The molecule has 1 heterocycles. The smallest absolute Gasteiger partial charge is 0.407 e. The van der Waals surface area contributed by atoms with Gasteiger partial charge in [-0.25, -0.2) is 4.79 Å². The third kappa shape index (κ3) is 2.90. The average Bonchev–Trinajstić information content (AvgIpc) is 2.33. The van der Waals surface area contributed by atoms with E-state index < -0.39 is 6.09 Å². The van der Waals surface area contributed by atoms with E-state index >= 15 is 0 Å². The summed E-state index contributed by atoms with van der Waals surface area (Å²) in [6.07, 6.45) is 0.826. The molecule has 0 aromatic heterocycles. The number of likely N-dealkylation sites (tertiary alicyclic amines) is 1. The minimum Gasteiger partial charge on any atom is -0.490 e. The van der Waals surface area contributed by atoms with Gasteiger partial charge >= 0.3 is 6.09 Å². The van der Waals surface area contributed by atoms with Gasteiger partial charge in [0.1, 0.15) is 11.9 Å². The maximum absolute atomic E-state index is 10.8. The van der Waals surface area contributed by atoms with E-state index in [9.17, 15) is 4.79 Å². The highest BCUT2D eigenvalue weighted by Gasteiger charge is 2.23. The first-order valence-electron chi connectivity index (χ1n) is 5.87. The molecule has 0 aliphatic carbocycles. The second-order valence-corrected chi connectivity index (χ2v) is 4.35. The van der Waals surface area contributed by atoms with E-state index in [1.807, 2.05) is 31.2 Å². The Kier molecular flexibility index (Phi) is 3.52. The van der Waals surface area contributed by atoms with Crippen LogP contribution in [0, 0.1) is 6.92 Å². The van der Waals surface area contributed by atoms with Gasteiger partial charge in [-0.05, 0) is 18.6 Å². The first kappa shape index (κ1) is 11.8. The van der Waals surface area contributed by atoms with E-state index in [-0.39, 0.29) is 6.10 Å². The van der Waals surface area contributed by atoms with E-state index in [4.69, 9.17) is 9.84 Å². The van der Waals surface area contributed by atoms with E-state index in [2.05, 4.69) is 0 Å². The number of amides is 1. The third-order valence-electron chi connectivity index (χ3n) is 3.10. The number of ether oxygens (including phenoxy) is 1. The van der Waals surface area contributed by atoms with Crippen LogP contribution in [0.5, 0.6) is 5.75 Å². The number of benzene rings is 1. The lowest BCUT2D eigenvalue weighted by Gasteiger charge is -2.30. The zero-order valence-electron chi connectivity index (χ0n) is 9.93. The first-order chi connectivity index (χ1) is 8.16. The fraction of sp³-hybridized carbons (Fsp3) is 0.462. The van der Waals surface area contributed by atoms with Crippen molar-refractivity contribution >= 4 is 6.09 Å². The lowest BCUT2D eigenvalue weighted by atomic mass is 10.1. The number of aryl methyl sites for hydroxylation is 1. The van der Waals surface area contributed by atoms with Crippen molar-refractivity contribution in [2.75, 3.05) is 13.1 Å². The van der Waals surface area contributed by atoms with Crippen LogP contribution in [-0.4, -0.2) is 35.3 Å². The Morgan fingerprint density at radius 1 is 1.35 bits per heavy atom. The van der Waals surface area contributed by atoms with Crippen molar-refractivity contribution in [2.45, 2.75) is 25.9 Å². The summed E-state index contributed by atoms with van der Waals surface area (Å²) in [5.41, 5.74) is 1.12. The van der Waals surface area contributed by atoms with E-state index in [0.717, 1.165) is 24.2 Å². The van der Waals surface area contributed by atoms with Crippen LogP contribution in [0.4, 0.5) is 4.79 Å². The van der Waals surface area contributed by atoms with Crippen molar-refractivity contribution in [3.63, 3.8) is 0 Å². The van der Waals surface area contributed by atoms with Gasteiger partial charge in [-0.1, -0.05) is 18.2 Å². The number of piperidine rings is 1. The Morgan fingerprint density at radius 2 is 2.00 bits per heavy atom. The van der Waals surface area contributed by atoms with Gasteiger partial charge < -0.3 is 14.7 Å². The van der Waals surface area contributed by atoms with Gasteiger partial charge in [-0.15, -0.1) is 0 Å². The number of rotatable bonds is 2. The molecule has 0 unspecified atom stereocenters. The van der Waals surface area contributed by atoms with Crippen molar-refractivity contribution in [1.29, 1.82) is 0 Å². The lowest BCUT2D eigenvalue weighted by molar-refractivity contribution is 0.0891. The highest BCUT2D eigenvalue weighted by Crippen LogP contribution is 2.22. The second kappa shape index (κ2) is 5.08. The van der Waals surface area contributed by atoms with Gasteiger partial charge in [-0.3, -0.25) is 0 Å². The number of nitrogens with zero attached hydrogens (tertiary/aromatic N) is 1. The van der Waals surface area contributed by atoms with Crippen LogP contribution < -0.4 is 4.74 Å². The van der Waals surface area contributed by atoms with Crippen LogP contribution in [0.3, 0.4) is 0 Å². The number of carbonyl (C=O) groups is 1. The molecule has 0 atom stereocenters. The van der Waals surface area contributed by atoms with Crippen LogP contribution in [0.1, 0.15) is 18.4 Å². The lowest BCUT2D eigenvalue weighted by Crippen LogP contribution is -2.41. The Hall–Kier alpha value is -1.71. The van der Waals surface area contributed by atoms with Gasteiger partial charge in [0.05, 0.1) is 0 Å². The van der Waals surface area contributed by atoms with E-state index in [1.54, 1.807) is 0 Å². The fourth-order valence-electron chi connectivity index (χ4n) is 2.03. The molecule has 1 aromatic carbocycles. The van der Waals surface area contributed by atoms with Crippen molar-refractivity contribution in [1.82, 2.24) is 4.90 Å². The standard InChI is InChI=1S/C13H17NO3/c1-10-4-2-3-5-12(10)17-11-6-8-14(9-7-11)13(15)16/h2-5,11H,6-9H2,1H3,(H,15,16). The predicted molar refractivity (Wildman–Crippen MR) is 64.4 cm³/mol. The van der Waals surface area contributed by atoms with Gasteiger partial charge in [0.15, 0.2) is 0 Å². The first-order valence-corrected chi connectivity index (χ1v) is 5.87. The zero-order valence-corrected chi connectivity index (χ0v) is 9.93. The summed E-state index contributed by atoms with van der Waals surface area (Å²) in [5, 5.41) is 8.84. The van der Waals surface area contributed by atoms with Crippen LogP contribution in [-0.2, 0) is 0 Å². The molecule has 1 aromatic rings. The van der Waals surface area contributed by atoms with Crippen LogP contribution in [0.15, 0.2) is 24.3 Å². The number of para-hydroxylation sites is 1. The third-order valence-corrected chi connectivity index (χ3v) is 3.10. The van der Waals surface area contributed by atoms with Crippen molar-refractivity contribution in [3.05, 3.63) is 29.8 Å². The topological polar surface area (TPSA) is 49.8 Å². The molecule has 1 aliphatic heterocycles. The molecular weight excluding hydrogens is 218 g/mol. The molecule has 92 valence electrons. The Bertz CT molecular complexity index is 397. The summed E-state index contributed by atoms with van der Waals surface area (Å²) in [4.78, 5) is 12.2. The number of hydrogen-bond acceptors (Lipinski definition) is 2. The van der Waals surface area contributed by atoms with Gasteiger partial charge in [0, 0.05) is 25.9 Å². The molecule has 0 saturated carbocycles. The summed E-state index contributed by atoms with van der Waals surface area (Å²) in [6.45, 7) is 3.14. The van der Waals surface area contributed by atoms with E-state index in [0.29, 0.717) is 13.1 Å². The maximum atomic E-state index is 10.8. The largest absolute Gasteiger partial charge is 0.490 e. The second-order valence-electron chi connectivity index (χ2n) is 4.35. The molecule has 1 amide bonds. The Balaban J connectivity index is 1.90. The summed E-state index contributed by atoms with van der Waals surface area (Å²) >= 11 is 0. The van der Waals surface area contributed by atoms with Crippen LogP contribution >= 0.6 is 0 Å². The SMILES string of the molecule is Cc1ccccc1OC1CCN(C(=O)O)CC1. The molecule has 1 fully saturated rings. The molecule has 2 rings (SSSR count). The summed E-state index contributed by atoms with van der Waals surface area (Å²) in [7, 11) is 0. The molecule has 17 heavy (non-hydrogen) atoms. The molecule has 0 bridgehead atoms. The van der Waals surface area contributed by atoms with E-state index in [1.165, 1.54) is 4.90 Å². The average molecular weight is 235 g/mol. The quantitative estimate of drug-likeness (QED) is 0.856. The van der Waals surface area contributed by atoms with Crippen LogP contribution in [0.25, 0.3) is 0 Å². The van der Waals surface area contributed by atoms with Gasteiger partial charge in [-0.2, -0.15) is 0 Å². The summed E-state index contributed by atoms with van der Waals surface area (Å²) in [6, 6.07) is 7.91. The Morgan fingerprint density at radius 3 is 2.59 bits per heavy atom. The summed E-state index contributed by atoms with van der Waals surface area (Å²) < 4.78 is 5.89. The molecule has 1 saturated heterocycles. The maximum Gasteiger partial charge on any atom is 0.407 e. The molecule has 0 spiro atoms. The van der Waals surface area contributed by atoms with Crippen molar-refractivity contribution in [3.8, 4) is 5.75 Å². The fourth-order valence-corrected chi connectivity index (χ4v) is 2.03. The Labute approximate surface area is 101 Å². The summed E-state index contributed by atoms with van der Waals surface area (Å²) in [5.74, 6) is 0.904. The molecule has 1 N–H and O–H groups in total. The molecular formula is C13H17NO3. The zero-order chi connectivity index (χ0) is 12.3. The minimum absolute atomic E-state index is 0.131. The molecule has 4 heteroatoms. The molecule has 0 radical (unpaired) electrons. The highest BCUT2D eigenvalue weighted by molar-refractivity contribution is 5.65.